The van der Waals surface area contributed by atoms with Crippen LogP contribution in [-0.4, -0.2) is 14.9 Å². The molecule has 2 heterocycles. The quantitative estimate of drug-likeness (QED) is 0.569. The predicted molar refractivity (Wildman–Crippen MR) is 86.4 cm³/mol. The van der Waals surface area contributed by atoms with Gasteiger partial charge in [-0.25, -0.2) is 4.98 Å². The molecule has 8 heteroatoms. The first kappa shape index (κ1) is 15.0. The monoisotopic (exact) mass is 330 g/mol. The highest BCUT2D eigenvalue weighted by Gasteiger charge is 2.17. The van der Waals surface area contributed by atoms with E-state index >= 15 is 0 Å². The Bertz CT molecular complexity index is 867. The van der Waals surface area contributed by atoms with Gasteiger partial charge in [-0.05, 0) is 24.6 Å². The summed E-state index contributed by atoms with van der Waals surface area (Å²) in [6, 6.07) is 6.02. The largest absolute Gasteiger partial charge is 0.331 e. The molecule has 0 saturated heterocycles. The number of aromatic nitrogens is 2. The predicted octanol–water partition coefficient (Wildman–Crippen LogP) is 4.30. The van der Waals surface area contributed by atoms with Gasteiger partial charge in [0.25, 0.3) is 0 Å². The van der Waals surface area contributed by atoms with Crippen molar-refractivity contribution in [1.82, 2.24) is 9.97 Å². The molecule has 0 fully saturated rings. The summed E-state index contributed by atoms with van der Waals surface area (Å²) < 4.78 is 13.7. The number of hydrogen-bond acceptors (Lipinski definition) is 6. The minimum atomic E-state index is -0.882. The van der Waals surface area contributed by atoms with Gasteiger partial charge in [0, 0.05) is 41.2 Å². The Balaban J connectivity index is 1.87. The van der Waals surface area contributed by atoms with Gasteiger partial charge < -0.3 is 5.32 Å². The molecule has 0 radical (unpaired) electrons. The number of hydrogen-bond donors (Lipinski definition) is 1. The van der Waals surface area contributed by atoms with E-state index in [1.807, 2.05) is 17.5 Å². The number of pyridine rings is 1. The van der Waals surface area contributed by atoms with Gasteiger partial charge in [0.1, 0.15) is 0 Å². The second-order valence-electron chi connectivity index (χ2n) is 4.78. The van der Waals surface area contributed by atoms with E-state index in [4.69, 9.17) is 0 Å². The number of aryl methyl sites for hydroxylation is 1. The fourth-order valence-electron chi connectivity index (χ4n) is 2.03. The molecule has 0 bridgehead atoms. The standard InChI is InChI=1S/C15H11FN4O2S/c1-9-5-14(20(21)22)11(16)6-12(9)18-15-19-13(8-23-15)10-3-2-4-17-7-10/h2-8H,1H3,(H,18,19). The van der Waals surface area contributed by atoms with Gasteiger partial charge in [0.05, 0.1) is 10.6 Å². The molecule has 0 unspecified atom stereocenters. The summed E-state index contributed by atoms with van der Waals surface area (Å²) in [6.45, 7) is 1.67. The summed E-state index contributed by atoms with van der Waals surface area (Å²) in [5.74, 6) is -0.882. The van der Waals surface area contributed by atoms with Crippen LogP contribution < -0.4 is 5.32 Å². The summed E-state index contributed by atoms with van der Waals surface area (Å²) in [5.41, 5.74) is 2.11. The van der Waals surface area contributed by atoms with Gasteiger partial charge in [0.15, 0.2) is 5.13 Å². The van der Waals surface area contributed by atoms with Crippen molar-refractivity contribution in [1.29, 1.82) is 0 Å². The lowest BCUT2D eigenvalue weighted by atomic mass is 10.1. The molecule has 0 spiro atoms. The molecule has 6 nitrogen and oxygen atoms in total. The van der Waals surface area contributed by atoms with Gasteiger partial charge in [-0.3, -0.25) is 15.1 Å². The van der Waals surface area contributed by atoms with Crippen molar-refractivity contribution >= 4 is 27.8 Å². The third kappa shape index (κ3) is 3.16. The summed E-state index contributed by atoms with van der Waals surface area (Å²) in [7, 11) is 0. The van der Waals surface area contributed by atoms with Crippen LogP contribution >= 0.6 is 11.3 Å². The number of nitro groups is 1. The highest BCUT2D eigenvalue weighted by atomic mass is 32.1. The lowest BCUT2D eigenvalue weighted by molar-refractivity contribution is -0.387. The Hall–Kier alpha value is -2.87. The first-order chi connectivity index (χ1) is 11.0. The Kier molecular flexibility index (Phi) is 3.98. The van der Waals surface area contributed by atoms with Crippen molar-refractivity contribution in [2.24, 2.45) is 0 Å². The van der Waals surface area contributed by atoms with Crippen molar-refractivity contribution in [3.8, 4) is 11.3 Å². The Morgan fingerprint density at radius 2 is 2.22 bits per heavy atom. The van der Waals surface area contributed by atoms with E-state index in [9.17, 15) is 14.5 Å². The van der Waals surface area contributed by atoms with E-state index in [1.165, 1.54) is 17.4 Å². The molecule has 0 aliphatic carbocycles. The minimum Gasteiger partial charge on any atom is -0.331 e. The van der Waals surface area contributed by atoms with Crippen LogP contribution in [0.2, 0.25) is 0 Å². The maximum atomic E-state index is 13.7. The number of thiazole rings is 1. The van der Waals surface area contributed by atoms with Crippen LogP contribution in [0.3, 0.4) is 0 Å². The first-order valence-electron chi connectivity index (χ1n) is 6.62. The number of benzene rings is 1. The lowest BCUT2D eigenvalue weighted by Gasteiger charge is -2.07. The highest BCUT2D eigenvalue weighted by molar-refractivity contribution is 7.14. The smallest absolute Gasteiger partial charge is 0.305 e. The van der Waals surface area contributed by atoms with Crippen molar-refractivity contribution < 1.29 is 9.31 Å². The van der Waals surface area contributed by atoms with Crippen molar-refractivity contribution in [3.05, 3.63) is 63.5 Å². The van der Waals surface area contributed by atoms with Crippen LogP contribution in [0.25, 0.3) is 11.3 Å². The van der Waals surface area contributed by atoms with Crippen LogP contribution in [-0.2, 0) is 0 Å². The van der Waals surface area contributed by atoms with E-state index in [1.54, 1.807) is 19.3 Å². The average Bonchev–Trinajstić information content (AvgIpc) is 3.00. The maximum absolute atomic E-state index is 13.7. The Morgan fingerprint density at radius 3 is 2.91 bits per heavy atom. The zero-order chi connectivity index (χ0) is 16.4. The van der Waals surface area contributed by atoms with E-state index < -0.39 is 16.4 Å². The Morgan fingerprint density at radius 1 is 1.39 bits per heavy atom. The van der Waals surface area contributed by atoms with Crippen molar-refractivity contribution in [2.45, 2.75) is 6.92 Å². The molecule has 2 aromatic heterocycles. The van der Waals surface area contributed by atoms with Crippen LogP contribution in [0.4, 0.5) is 20.9 Å². The molecule has 3 aromatic rings. The molecule has 0 atom stereocenters. The summed E-state index contributed by atoms with van der Waals surface area (Å²) >= 11 is 1.36. The number of halogens is 1. The van der Waals surface area contributed by atoms with Gasteiger partial charge in [0.2, 0.25) is 5.82 Å². The number of anilines is 2. The van der Waals surface area contributed by atoms with E-state index in [2.05, 4.69) is 15.3 Å². The molecule has 0 amide bonds. The summed E-state index contributed by atoms with van der Waals surface area (Å²) in [5, 5.41) is 16.2. The summed E-state index contributed by atoms with van der Waals surface area (Å²) in [4.78, 5) is 18.4. The minimum absolute atomic E-state index is 0.445. The maximum Gasteiger partial charge on any atom is 0.305 e. The lowest BCUT2D eigenvalue weighted by Crippen LogP contribution is -1.98. The molecule has 3 rings (SSSR count). The zero-order valence-electron chi connectivity index (χ0n) is 12.0. The molecule has 0 aliphatic rings. The van der Waals surface area contributed by atoms with E-state index in [0.29, 0.717) is 16.4 Å². The van der Waals surface area contributed by atoms with Gasteiger partial charge >= 0.3 is 5.69 Å². The topological polar surface area (TPSA) is 81.0 Å². The fraction of sp³-hybridized carbons (Fsp3) is 0.0667. The highest BCUT2D eigenvalue weighted by Crippen LogP contribution is 2.30. The second kappa shape index (κ2) is 6.09. The SMILES string of the molecule is Cc1cc([N+](=O)[O-])c(F)cc1Nc1nc(-c2cccnc2)cs1. The molecule has 1 aromatic carbocycles. The van der Waals surface area contributed by atoms with Crippen LogP contribution in [0.1, 0.15) is 5.56 Å². The fourth-order valence-corrected chi connectivity index (χ4v) is 2.77. The molecule has 116 valence electrons. The van der Waals surface area contributed by atoms with Gasteiger partial charge in [-0.15, -0.1) is 11.3 Å². The number of nitro benzene ring substituents is 1. The third-order valence-electron chi connectivity index (χ3n) is 3.19. The molecule has 1 N–H and O–H groups in total. The molecular formula is C15H11FN4O2S. The first-order valence-corrected chi connectivity index (χ1v) is 7.50. The van der Waals surface area contributed by atoms with E-state index in [0.717, 1.165) is 17.3 Å². The molecule has 23 heavy (non-hydrogen) atoms. The third-order valence-corrected chi connectivity index (χ3v) is 3.95. The average molecular weight is 330 g/mol. The molecular weight excluding hydrogens is 319 g/mol. The van der Waals surface area contributed by atoms with Crippen LogP contribution in [0.5, 0.6) is 0 Å². The molecule has 0 aliphatic heterocycles. The van der Waals surface area contributed by atoms with Crippen molar-refractivity contribution in [2.75, 3.05) is 5.32 Å². The molecule has 0 saturated carbocycles. The van der Waals surface area contributed by atoms with Crippen LogP contribution in [0.15, 0.2) is 42.0 Å². The van der Waals surface area contributed by atoms with Gasteiger partial charge in [-0.1, -0.05) is 0 Å². The zero-order valence-corrected chi connectivity index (χ0v) is 12.8. The second-order valence-corrected chi connectivity index (χ2v) is 5.64. The van der Waals surface area contributed by atoms with Gasteiger partial charge in [-0.2, -0.15) is 4.39 Å². The van der Waals surface area contributed by atoms with Crippen molar-refractivity contribution in [3.63, 3.8) is 0 Å². The number of rotatable bonds is 4. The number of nitrogens with zero attached hydrogens (tertiary/aromatic N) is 3. The van der Waals surface area contributed by atoms with E-state index in [-0.39, 0.29) is 0 Å². The normalized spacial score (nSPS) is 10.5. The Labute approximate surface area is 134 Å². The van der Waals surface area contributed by atoms with Crippen LogP contribution in [0, 0.1) is 22.9 Å². The summed E-state index contributed by atoms with van der Waals surface area (Å²) in [6.07, 6.45) is 3.38. The number of nitrogens with one attached hydrogen (secondary N) is 1.